The molecule has 196 valence electrons. The highest BCUT2D eigenvalue weighted by molar-refractivity contribution is 7.71. The molecular weight excluding hydrogens is 504 g/mol. The second-order valence-corrected chi connectivity index (χ2v) is 11.9. The minimum absolute atomic E-state index is 0.0283. The second-order valence-electron chi connectivity index (χ2n) is 9.33. The van der Waals surface area contributed by atoms with Crippen molar-refractivity contribution in [1.29, 1.82) is 0 Å². The summed E-state index contributed by atoms with van der Waals surface area (Å²) in [5, 5.41) is 29.7. The molecule has 35 heavy (non-hydrogen) atoms. The summed E-state index contributed by atoms with van der Waals surface area (Å²) in [6.07, 6.45) is -3.83. The van der Waals surface area contributed by atoms with Crippen molar-refractivity contribution >= 4 is 25.6 Å². The average molecular weight is 536 g/mol. The van der Waals surface area contributed by atoms with E-state index >= 15 is 0 Å². The summed E-state index contributed by atoms with van der Waals surface area (Å²) in [7, 11) is -4.49. The van der Waals surface area contributed by atoms with E-state index in [1.807, 2.05) is 0 Å². The number of halogens is 1. The van der Waals surface area contributed by atoms with Crippen molar-refractivity contribution in [2.45, 2.75) is 89.2 Å². The van der Waals surface area contributed by atoms with Gasteiger partial charge in [-0.1, -0.05) is 26.1 Å². The van der Waals surface area contributed by atoms with Crippen LogP contribution < -0.4 is 5.56 Å². The zero-order chi connectivity index (χ0) is 26.5. The Kier molecular flexibility index (Phi) is 7.77. The number of hydrogen-bond acceptors (Lipinski definition) is 9. The number of hydrogen-bond donors (Lipinski definition) is 5. The third-order valence-electron chi connectivity index (χ3n) is 6.71. The Hall–Kier alpha value is -1.57. The number of nitrogens with zero attached hydrogens (tertiary/aromatic N) is 2. The summed E-state index contributed by atoms with van der Waals surface area (Å²) >= 11 is 5.26. The Morgan fingerprint density at radius 1 is 1.31 bits per heavy atom. The Morgan fingerprint density at radius 3 is 2.51 bits per heavy atom. The molecule has 3 rings (SSSR count). The first-order valence-electron chi connectivity index (χ1n) is 11.2. The van der Waals surface area contributed by atoms with E-state index in [4.69, 9.17) is 21.5 Å². The number of H-pyrrole nitrogens is 1. The van der Waals surface area contributed by atoms with E-state index in [9.17, 15) is 34.0 Å². The Labute approximate surface area is 206 Å². The zero-order valence-electron chi connectivity index (χ0n) is 20.1. The number of rotatable bonds is 8. The van der Waals surface area contributed by atoms with Crippen LogP contribution in [0.15, 0.2) is 11.0 Å². The largest absolute Gasteiger partial charge is 0.388 e. The van der Waals surface area contributed by atoms with Crippen molar-refractivity contribution in [2.75, 3.05) is 0 Å². The standard InChI is InChI=1S/C21H31FN3O8PS/c1-6-20(4,33-34(30,31)21(5,29)7-2)8-12-13(26)14(27)15(32-12)11-9-25-16(22)10(3)17(28)23-19(25)24-18(11)35/h9,12-15,26-27,29H,6-8H2,1-5H3,(H,30,31)(H,23,24,28,35)/t12-,13?,14+,15+,20?,21?/m1/s1. The summed E-state index contributed by atoms with van der Waals surface area (Å²) in [6.45, 7) is 7.28. The SMILES string of the molecule is CCC(C)(C[C@H]1O[C@@H](c2cn3c(F)c(C)c(=O)[nH]c3nc2=S)[C@@H](O)C1O)OP(=O)(O)C(C)(O)CC. The number of nitrogens with one attached hydrogen (secondary N) is 1. The molecule has 2 aromatic rings. The molecule has 0 aromatic carbocycles. The van der Waals surface area contributed by atoms with Crippen molar-refractivity contribution in [3.8, 4) is 0 Å². The first-order chi connectivity index (χ1) is 16.1. The molecule has 2 aromatic heterocycles. The molecule has 11 nitrogen and oxygen atoms in total. The van der Waals surface area contributed by atoms with Gasteiger partial charge < -0.3 is 29.5 Å². The van der Waals surface area contributed by atoms with Crippen molar-refractivity contribution < 1.29 is 38.4 Å². The highest BCUT2D eigenvalue weighted by atomic mass is 32.1. The van der Waals surface area contributed by atoms with Gasteiger partial charge in [0.1, 0.15) is 23.0 Å². The summed E-state index contributed by atoms with van der Waals surface area (Å²) < 4.78 is 39.7. The van der Waals surface area contributed by atoms with Crippen LogP contribution >= 0.6 is 19.8 Å². The van der Waals surface area contributed by atoms with Gasteiger partial charge in [-0.2, -0.15) is 4.39 Å². The molecule has 0 bridgehead atoms. The predicted octanol–water partition coefficient (Wildman–Crippen LogP) is 2.24. The number of fused-ring (bicyclic) bond motifs is 1. The quantitative estimate of drug-likeness (QED) is 0.192. The zero-order valence-corrected chi connectivity index (χ0v) is 21.8. The minimum Gasteiger partial charge on any atom is -0.388 e. The van der Waals surface area contributed by atoms with E-state index < -0.39 is 54.5 Å². The van der Waals surface area contributed by atoms with E-state index in [0.29, 0.717) is 0 Å². The molecule has 1 fully saturated rings. The summed E-state index contributed by atoms with van der Waals surface area (Å²) in [5.74, 6) is -1.00. The van der Waals surface area contributed by atoms with Crippen molar-refractivity contribution in [3.63, 3.8) is 0 Å². The van der Waals surface area contributed by atoms with Crippen LogP contribution in [0.3, 0.4) is 0 Å². The van der Waals surface area contributed by atoms with Crippen LogP contribution in [0, 0.1) is 17.5 Å². The molecule has 0 amide bonds. The smallest absolute Gasteiger partial charge is 0.359 e. The van der Waals surface area contributed by atoms with Crippen molar-refractivity contribution in [1.82, 2.24) is 14.4 Å². The van der Waals surface area contributed by atoms with Crippen LogP contribution in [0.4, 0.5) is 4.39 Å². The van der Waals surface area contributed by atoms with Crippen LogP contribution in [0.25, 0.3) is 5.78 Å². The Balaban J connectivity index is 1.93. The predicted molar refractivity (Wildman–Crippen MR) is 126 cm³/mol. The van der Waals surface area contributed by atoms with Crippen molar-refractivity contribution in [2.24, 2.45) is 0 Å². The van der Waals surface area contributed by atoms with Crippen molar-refractivity contribution in [3.05, 3.63) is 38.3 Å². The molecule has 0 saturated carbocycles. The molecule has 1 saturated heterocycles. The number of ether oxygens (including phenoxy) is 1. The topological polar surface area (TPSA) is 167 Å². The molecule has 5 N–H and O–H groups in total. The molecule has 0 radical (unpaired) electrons. The lowest BCUT2D eigenvalue weighted by molar-refractivity contribution is -0.0532. The van der Waals surface area contributed by atoms with Gasteiger partial charge in [-0.15, -0.1) is 0 Å². The van der Waals surface area contributed by atoms with Crippen LogP contribution in [-0.2, 0) is 13.8 Å². The maximum atomic E-state index is 14.7. The highest BCUT2D eigenvalue weighted by Gasteiger charge is 2.50. The molecule has 1 aliphatic heterocycles. The first kappa shape index (κ1) is 28.0. The number of aliphatic hydroxyl groups is 3. The fourth-order valence-corrected chi connectivity index (χ4v) is 5.47. The summed E-state index contributed by atoms with van der Waals surface area (Å²) in [6, 6.07) is 0. The molecular formula is C21H31FN3O8PS. The number of aromatic amines is 1. The average Bonchev–Trinajstić information content (AvgIpc) is 3.04. The van der Waals surface area contributed by atoms with Gasteiger partial charge >= 0.3 is 7.60 Å². The summed E-state index contributed by atoms with van der Waals surface area (Å²) in [4.78, 5) is 28.7. The molecule has 1 aliphatic rings. The van der Waals surface area contributed by atoms with Gasteiger partial charge in [0, 0.05) is 18.2 Å². The Morgan fingerprint density at radius 2 is 1.94 bits per heavy atom. The third kappa shape index (κ3) is 5.14. The highest BCUT2D eigenvalue weighted by Crippen LogP contribution is 2.59. The minimum atomic E-state index is -4.49. The molecule has 3 heterocycles. The van der Waals surface area contributed by atoms with Crippen LogP contribution in [0.5, 0.6) is 0 Å². The fourth-order valence-electron chi connectivity index (χ4n) is 3.82. The van der Waals surface area contributed by atoms with Gasteiger partial charge in [-0.3, -0.25) is 18.7 Å². The normalized spacial score (nSPS) is 27.9. The van der Waals surface area contributed by atoms with Crippen LogP contribution in [-0.4, -0.2) is 63.8 Å². The maximum Gasteiger partial charge on any atom is 0.359 e. The van der Waals surface area contributed by atoms with Gasteiger partial charge in [0.15, 0.2) is 5.34 Å². The van der Waals surface area contributed by atoms with Gasteiger partial charge in [-0.05, 0) is 33.6 Å². The van der Waals surface area contributed by atoms with E-state index in [1.165, 1.54) is 27.0 Å². The van der Waals surface area contributed by atoms with E-state index in [-0.39, 0.29) is 40.8 Å². The van der Waals surface area contributed by atoms with Gasteiger partial charge in [0.25, 0.3) is 5.56 Å². The lowest BCUT2D eigenvalue weighted by atomic mass is 9.92. The van der Waals surface area contributed by atoms with E-state index in [2.05, 4.69) is 9.97 Å². The molecule has 7 atom stereocenters. The first-order valence-corrected chi connectivity index (χ1v) is 13.2. The van der Waals surface area contributed by atoms with Gasteiger partial charge in [0.05, 0.1) is 17.3 Å². The lowest BCUT2D eigenvalue weighted by Crippen LogP contribution is -2.40. The van der Waals surface area contributed by atoms with Crippen LogP contribution in [0.2, 0.25) is 0 Å². The monoisotopic (exact) mass is 535 g/mol. The van der Waals surface area contributed by atoms with Gasteiger partial charge in [0.2, 0.25) is 11.7 Å². The van der Waals surface area contributed by atoms with E-state index in [0.717, 1.165) is 4.40 Å². The molecule has 14 heteroatoms. The fraction of sp³-hybridized carbons (Fsp3) is 0.667. The third-order valence-corrected chi connectivity index (χ3v) is 9.26. The maximum absolute atomic E-state index is 14.7. The molecule has 0 aliphatic carbocycles. The van der Waals surface area contributed by atoms with Gasteiger partial charge in [-0.25, -0.2) is 4.98 Å². The lowest BCUT2D eigenvalue weighted by Gasteiger charge is -2.37. The van der Waals surface area contributed by atoms with E-state index in [1.54, 1.807) is 13.8 Å². The number of aromatic nitrogens is 3. The molecule has 0 spiro atoms. The second kappa shape index (κ2) is 9.71. The van der Waals surface area contributed by atoms with Crippen LogP contribution in [0.1, 0.15) is 64.2 Å². The summed E-state index contributed by atoms with van der Waals surface area (Å²) in [5.41, 5.74) is -2.03. The molecule has 4 unspecified atom stereocenters. The Bertz CT molecular complexity index is 1280. The number of aliphatic hydroxyl groups excluding tert-OH is 2.